The third kappa shape index (κ3) is 10.5. The van der Waals surface area contributed by atoms with Gasteiger partial charge in [-0.15, -0.1) is 0 Å². The van der Waals surface area contributed by atoms with E-state index in [1.807, 2.05) is 72.8 Å². The molecule has 0 aliphatic rings. The van der Waals surface area contributed by atoms with Gasteiger partial charge in [0.2, 0.25) is 0 Å². The minimum absolute atomic E-state index is 0.500. The molecule has 442 valence electrons. The normalized spacial score (nSPS) is 11.1. The molecule has 95 heavy (non-hydrogen) atoms. The molecule has 9 nitrogen and oxygen atoms in total. The number of hydrogen-bond donors (Lipinski definition) is 0. The molecule has 1 aromatic heterocycles. The first-order valence-electron chi connectivity index (χ1n) is 31.2. The topological polar surface area (TPSA) is 74.2 Å². The second kappa shape index (κ2) is 23.9. The maximum Gasteiger partial charge on any atom is 0.189 e. The van der Waals surface area contributed by atoms with Crippen molar-refractivity contribution >= 4 is 145 Å². The van der Waals surface area contributed by atoms with Crippen LogP contribution in [0.5, 0.6) is 0 Å². The summed E-state index contributed by atoms with van der Waals surface area (Å²) < 4.78 is 2.35. The van der Waals surface area contributed by atoms with Gasteiger partial charge in [0.25, 0.3) is 0 Å². The van der Waals surface area contributed by atoms with Crippen molar-refractivity contribution in [1.82, 2.24) is 4.57 Å². The number of rotatable bonds is 13. The van der Waals surface area contributed by atoms with Crippen LogP contribution in [0.1, 0.15) is 11.1 Å². The quantitative estimate of drug-likeness (QED) is 0.107. The number of benzene rings is 15. The first-order chi connectivity index (χ1) is 46.8. The van der Waals surface area contributed by atoms with E-state index >= 15 is 0 Å². The summed E-state index contributed by atoms with van der Waals surface area (Å²) in [6, 6.07) is 115. The number of hydrogen-bond acceptors (Lipinski definition) is 6. The molecule has 0 unspecified atom stereocenters. The van der Waals surface area contributed by atoms with Crippen LogP contribution in [0, 0.1) is 35.8 Å². The van der Waals surface area contributed by atoms with E-state index < -0.39 is 0 Å². The van der Waals surface area contributed by atoms with Gasteiger partial charge in [0.1, 0.15) is 0 Å². The van der Waals surface area contributed by atoms with Crippen molar-refractivity contribution in [2.45, 2.75) is 0 Å². The second-order valence-corrected chi connectivity index (χ2v) is 23.5. The third-order valence-electron chi connectivity index (χ3n) is 17.8. The molecule has 0 aliphatic heterocycles. The van der Waals surface area contributed by atoms with Crippen molar-refractivity contribution in [2.24, 2.45) is 0 Å². The van der Waals surface area contributed by atoms with Crippen molar-refractivity contribution in [3.05, 3.63) is 355 Å². The molecule has 15 aromatic carbocycles. The molecule has 0 fully saturated rings. The van der Waals surface area contributed by atoms with Crippen LogP contribution < -0.4 is 19.6 Å². The predicted octanol–water partition coefficient (Wildman–Crippen LogP) is 24.1. The van der Waals surface area contributed by atoms with Crippen molar-refractivity contribution in [1.29, 1.82) is 10.5 Å². The van der Waals surface area contributed by atoms with E-state index in [9.17, 15) is 10.5 Å². The van der Waals surface area contributed by atoms with Crippen LogP contribution in [-0.4, -0.2) is 4.57 Å². The van der Waals surface area contributed by atoms with Crippen molar-refractivity contribution in [2.75, 3.05) is 19.6 Å². The van der Waals surface area contributed by atoms with Gasteiger partial charge in [-0.05, 0) is 207 Å². The Kier molecular flexibility index (Phi) is 14.2. The first kappa shape index (κ1) is 56.5. The molecular weight excluding hydrogens is 1160 g/mol. The van der Waals surface area contributed by atoms with Gasteiger partial charge in [0.15, 0.2) is 11.4 Å². The second-order valence-electron chi connectivity index (χ2n) is 23.5. The average Bonchev–Trinajstić information content (AvgIpc) is 1.61. The van der Waals surface area contributed by atoms with E-state index in [4.69, 9.17) is 13.1 Å². The van der Waals surface area contributed by atoms with Gasteiger partial charge in [-0.2, -0.15) is 10.5 Å². The molecule has 0 amide bonds. The zero-order chi connectivity index (χ0) is 63.9. The van der Waals surface area contributed by atoms with Crippen molar-refractivity contribution < 1.29 is 0 Å². The largest absolute Gasteiger partial charge is 0.312 e. The lowest BCUT2D eigenvalue weighted by Gasteiger charge is -2.31. The van der Waals surface area contributed by atoms with E-state index in [0.29, 0.717) is 22.5 Å². The fraction of sp³-hybridized carbons (Fsp3) is 0. The van der Waals surface area contributed by atoms with Crippen molar-refractivity contribution in [3.63, 3.8) is 0 Å². The van der Waals surface area contributed by atoms with E-state index in [1.165, 1.54) is 0 Å². The lowest BCUT2D eigenvalue weighted by Crippen LogP contribution is -2.14. The number of aromatic nitrogens is 1. The van der Waals surface area contributed by atoms with Crippen LogP contribution in [0.2, 0.25) is 0 Å². The highest BCUT2D eigenvalue weighted by molar-refractivity contribution is 6.13. The molecule has 16 rings (SSSR count). The van der Waals surface area contributed by atoms with Gasteiger partial charge in [0.05, 0.1) is 64.5 Å². The molecule has 0 spiro atoms. The van der Waals surface area contributed by atoms with Crippen LogP contribution in [0.15, 0.2) is 322 Å². The number of anilines is 12. The molecule has 0 aliphatic carbocycles. The summed E-state index contributed by atoms with van der Waals surface area (Å²) in [5, 5.41) is 31.5. The minimum Gasteiger partial charge on any atom is -0.312 e. The number of nitriles is 2. The molecule has 0 N–H and O–H groups in total. The maximum absolute atomic E-state index is 10.6. The van der Waals surface area contributed by atoms with Crippen LogP contribution in [0.25, 0.3) is 80.3 Å². The zero-order valence-corrected chi connectivity index (χ0v) is 51.1. The predicted molar refractivity (Wildman–Crippen MR) is 391 cm³/mol. The molecule has 0 saturated heterocycles. The Morgan fingerprint density at radius 2 is 0.547 bits per heavy atom. The van der Waals surface area contributed by atoms with Crippen LogP contribution >= 0.6 is 0 Å². The molecule has 0 bridgehead atoms. The number of nitrogens with zero attached hydrogens (tertiary/aromatic N) is 9. The van der Waals surface area contributed by atoms with E-state index in [-0.39, 0.29) is 0 Å². The van der Waals surface area contributed by atoms with E-state index in [1.54, 1.807) is 0 Å². The zero-order valence-electron chi connectivity index (χ0n) is 51.1. The Labute approximate surface area is 549 Å². The summed E-state index contributed by atoms with van der Waals surface area (Å²) in [5.41, 5.74) is 15.0. The van der Waals surface area contributed by atoms with Crippen LogP contribution in [0.4, 0.5) is 79.6 Å². The van der Waals surface area contributed by atoms with Gasteiger partial charge in [0, 0.05) is 67.6 Å². The molecule has 0 radical (unpaired) electrons. The molecule has 9 heteroatoms. The Morgan fingerprint density at radius 3 is 0.895 bits per heavy atom. The Bertz CT molecular complexity index is 5580. The van der Waals surface area contributed by atoms with E-state index in [2.05, 4.69) is 295 Å². The van der Waals surface area contributed by atoms with Gasteiger partial charge in [-0.25, -0.2) is 9.69 Å². The first-order valence-corrected chi connectivity index (χ1v) is 31.2. The fourth-order valence-corrected chi connectivity index (χ4v) is 13.4. The summed E-state index contributed by atoms with van der Waals surface area (Å²) in [5.74, 6) is 0. The van der Waals surface area contributed by atoms with Gasteiger partial charge in [-0.3, -0.25) is 0 Å². The summed E-state index contributed by atoms with van der Waals surface area (Å²) in [6.45, 7) is 16.4. The highest BCUT2D eigenvalue weighted by Gasteiger charge is 2.25. The minimum atomic E-state index is 0.500. The average molecular weight is 1210 g/mol. The van der Waals surface area contributed by atoms with E-state index in [0.717, 1.165) is 139 Å². The summed E-state index contributed by atoms with van der Waals surface area (Å²) in [7, 11) is 0. The van der Waals surface area contributed by atoms with Gasteiger partial charge < -0.3 is 24.2 Å². The lowest BCUT2D eigenvalue weighted by molar-refractivity contribution is 1.16. The molecule has 1 heterocycles. The standard InChI is InChI=1S/C86H53N9/c1-89-68-25-13-29-72(49-68)92(75-36-32-61-18-4-8-22-65(61)46-75)79-40-42-86-84(55-79)83-54-78(91(70-27-11-15-58(43-70)56-87)74-35-31-60-17-3-7-21-64(60)45-74)39-41-85(83)95(86)82-52-80(93(71-28-12-16-59(44-71)57-88)76-37-33-62-19-5-9-23-66(62)47-76)51-81(53-82)94(73-30-14-26-69(50-73)90-2)77-38-34-63-20-6-10-24-67(63)48-77/h3-55H. The molecular formula is C86H53N9. The third-order valence-corrected chi connectivity index (χ3v) is 17.8. The Morgan fingerprint density at radius 1 is 0.253 bits per heavy atom. The lowest BCUT2D eigenvalue weighted by atomic mass is 10.1. The summed E-state index contributed by atoms with van der Waals surface area (Å²) in [6.07, 6.45) is 0. The molecule has 0 saturated carbocycles. The summed E-state index contributed by atoms with van der Waals surface area (Å²) in [4.78, 5) is 16.8. The Balaban J connectivity index is 1.01. The van der Waals surface area contributed by atoms with Crippen molar-refractivity contribution in [3.8, 4) is 17.8 Å². The highest BCUT2D eigenvalue weighted by Crippen LogP contribution is 2.48. The summed E-state index contributed by atoms with van der Waals surface area (Å²) >= 11 is 0. The van der Waals surface area contributed by atoms with Gasteiger partial charge in [-0.1, -0.05) is 158 Å². The Hall–Kier alpha value is -13.7. The number of fused-ring (bicyclic) bond motifs is 7. The fourth-order valence-electron chi connectivity index (χ4n) is 13.4. The SMILES string of the molecule is [C-]#[N+]c1cccc(N(c2cc(N(c3cccc(C#N)c3)c3ccc4ccccc4c3)cc(-n3c4ccc(N(c5cccc(C#N)c5)c5ccc6ccccc6c5)cc4c4cc(N(c5cccc([N+]#[C-])c5)c5ccc6ccccc6c5)ccc43)c2)c2ccc3ccccc3c2)c1. The maximum atomic E-state index is 10.6. The molecule has 0 atom stereocenters. The smallest absolute Gasteiger partial charge is 0.189 e. The van der Waals surface area contributed by atoms with Crippen LogP contribution in [-0.2, 0) is 0 Å². The van der Waals surface area contributed by atoms with Crippen LogP contribution in [0.3, 0.4) is 0 Å². The molecule has 16 aromatic rings. The highest BCUT2D eigenvalue weighted by atomic mass is 15.2. The van der Waals surface area contributed by atoms with Gasteiger partial charge >= 0.3 is 0 Å². The monoisotopic (exact) mass is 1210 g/mol.